The number of carboxylic acids is 1. The minimum Gasteiger partial charge on any atom is -0.479 e. The van der Waals surface area contributed by atoms with Gasteiger partial charge in [-0.1, -0.05) is 29.8 Å². The molecular weight excluding hydrogens is 435 g/mol. The van der Waals surface area contributed by atoms with Crippen molar-refractivity contribution in [2.75, 3.05) is 0 Å². The Labute approximate surface area is 196 Å². The van der Waals surface area contributed by atoms with E-state index in [1.165, 1.54) is 16.7 Å². The fourth-order valence-corrected chi connectivity index (χ4v) is 4.15. The van der Waals surface area contributed by atoms with Crippen LogP contribution in [0.25, 0.3) is 27.7 Å². The van der Waals surface area contributed by atoms with E-state index >= 15 is 0 Å². The second-order valence-electron chi connectivity index (χ2n) is 9.36. The highest BCUT2D eigenvalue weighted by Gasteiger charge is 2.33. The molecule has 4 rings (SSSR count). The lowest BCUT2D eigenvalue weighted by Crippen LogP contribution is -2.33. The average molecular weight is 463 g/mol. The molecule has 4 aromatic rings. The number of halogens is 1. The Morgan fingerprint density at radius 2 is 1.65 bits per heavy atom. The number of carboxylic acid groups (broad SMARTS) is 1. The highest BCUT2D eigenvalue weighted by atomic mass is 19.1. The molecule has 0 spiro atoms. The monoisotopic (exact) mass is 462 g/mol. The highest BCUT2D eigenvalue weighted by Crippen LogP contribution is 2.37. The molecule has 0 aliphatic heterocycles. The summed E-state index contributed by atoms with van der Waals surface area (Å²) in [4.78, 5) is 26.0. The van der Waals surface area contributed by atoms with Gasteiger partial charge in [-0.05, 0) is 63.6 Å². The van der Waals surface area contributed by atoms with Crippen molar-refractivity contribution in [3.8, 4) is 16.8 Å². The third kappa shape index (κ3) is 4.26. The molecule has 1 atom stereocenters. The zero-order valence-corrected chi connectivity index (χ0v) is 19.8. The number of benzene rings is 2. The van der Waals surface area contributed by atoms with E-state index < -0.39 is 17.7 Å². The fourth-order valence-electron chi connectivity index (χ4n) is 4.15. The molecular formula is C27H27FN2O4. The molecule has 2 aromatic carbocycles. The zero-order chi connectivity index (χ0) is 24.8. The first-order valence-corrected chi connectivity index (χ1v) is 11.0. The number of nitrogens with zero attached hydrogens (tertiary/aromatic N) is 2. The van der Waals surface area contributed by atoms with Crippen LogP contribution in [0.2, 0.25) is 0 Å². The maximum atomic E-state index is 13.6. The predicted octanol–water partition coefficient (Wildman–Crippen LogP) is 5.38. The van der Waals surface area contributed by atoms with Crippen LogP contribution in [0.1, 0.15) is 38.1 Å². The lowest BCUT2D eigenvalue weighted by molar-refractivity contribution is -0.161. The molecule has 2 aromatic heterocycles. The quantitative estimate of drug-likeness (QED) is 0.432. The normalized spacial score (nSPS) is 12.8. The molecule has 1 unspecified atom stereocenters. The van der Waals surface area contributed by atoms with Gasteiger partial charge in [0.1, 0.15) is 11.3 Å². The number of ether oxygens (including phenoxy) is 1. The van der Waals surface area contributed by atoms with E-state index in [1.807, 2.05) is 31.2 Å². The van der Waals surface area contributed by atoms with Gasteiger partial charge >= 0.3 is 5.97 Å². The van der Waals surface area contributed by atoms with Gasteiger partial charge in [0.2, 0.25) is 0 Å². The summed E-state index contributed by atoms with van der Waals surface area (Å²) >= 11 is 0. The van der Waals surface area contributed by atoms with Crippen LogP contribution < -0.4 is 5.56 Å². The molecule has 0 saturated heterocycles. The van der Waals surface area contributed by atoms with Gasteiger partial charge in [0.05, 0.1) is 11.3 Å². The number of hydrogen-bond acceptors (Lipinski definition) is 3. The smallest absolute Gasteiger partial charge is 0.339 e. The molecule has 0 radical (unpaired) electrons. The second kappa shape index (κ2) is 8.57. The number of aliphatic carboxylic acids is 1. The van der Waals surface area contributed by atoms with E-state index in [0.717, 1.165) is 11.1 Å². The number of aromatic nitrogens is 2. The third-order valence-corrected chi connectivity index (χ3v) is 5.67. The van der Waals surface area contributed by atoms with Crippen molar-refractivity contribution in [2.24, 2.45) is 7.05 Å². The van der Waals surface area contributed by atoms with Gasteiger partial charge in [0.15, 0.2) is 6.10 Å². The Bertz CT molecular complexity index is 1430. The number of fused-ring (bicyclic) bond motifs is 1. The molecule has 0 aliphatic rings. The van der Waals surface area contributed by atoms with E-state index in [2.05, 4.69) is 0 Å². The highest BCUT2D eigenvalue weighted by molar-refractivity contribution is 5.98. The van der Waals surface area contributed by atoms with Gasteiger partial charge in [0.25, 0.3) is 5.56 Å². The predicted molar refractivity (Wildman–Crippen MR) is 130 cm³/mol. The van der Waals surface area contributed by atoms with E-state index in [4.69, 9.17) is 4.74 Å². The van der Waals surface area contributed by atoms with Crippen molar-refractivity contribution < 1.29 is 19.0 Å². The molecule has 0 saturated carbocycles. The van der Waals surface area contributed by atoms with Gasteiger partial charge in [0, 0.05) is 29.9 Å². The van der Waals surface area contributed by atoms with Crippen molar-refractivity contribution in [1.29, 1.82) is 0 Å². The summed E-state index contributed by atoms with van der Waals surface area (Å²) in [6, 6.07) is 15.3. The van der Waals surface area contributed by atoms with Gasteiger partial charge in [-0.3, -0.25) is 4.79 Å². The van der Waals surface area contributed by atoms with E-state index in [-0.39, 0.29) is 17.1 Å². The van der Waals surface area contributed by atoms with Crippen LogP contribution in [-0.2, 0) is 16.6 Å². The average Bonchev–Trinajstić information content (AvgIpc) is 3.20. The molecule has 1 N–H and O–H groups in total. The SMILES string of the molecule is Cc1ccc(-c2c(C(OC(C)(C)C)C(=O)O)n(C)c(=O)c3c2ccn3-c2ccc(F)cc2)cc1. The van der Waals surface area contributed by atoms with Crippen LogP contribution in [0, 0.1) is 12.7 Å². The lowest BCUT2D eigenvalue weighted by atomic mass is 9.95. The van der Waals surface area contributed by atoms with E-state index in [0.29, 0.717) is 22.2 Å². The van der Waals surface area contributed by atoms with Crippen LogP contribution in [0.3, 0.4) is 0 Å². The maximum Gasteiger partial charge on any atom is 0.339 e. The van der Waals surface area contributed by atoms with Crippen molar-refractivity contribution in [3.63, 3.8) is 0 Å². The van der Waals surface area contributed by atoms with Crippen LogP contribution in [0.5, 0.6) is 0 Å². The maximum absolute atomic E-state index is 13.6. The van der Waals surface area contributed by atoms with E-state index in [9.17, 15) is 19.1 Å². The lowest BCUT2D eigenvalue weighted by Gasteiger charge is -2.28. The third-order valence-electron chi connectivity index (χ3n) is 5.67. The van der Waals surface area contributed by atoms with Crippen molar-refractivity contribution in [3.05, 3.63) is 88.2 Å². The second-order valence-corrected chi connectivity index (χ2v) is 9.36. The molecule has 0 bridgehead atoms. The number of carbonyl (C=O) groups is 1. The number of aryl methyl sites for hydroxylation is 1. The van der Waals surface area contributed by atoms with Gasteiger partial charge in [-0.15, -0.1) is 0 Å². The van der Waals surface area contributed by atoms with Crippen LogP contribution in [0.15, 0.2) is 65.6 Å². The summed E-state index contributed by atoms with van der Waals surface area (Å²) in [5, 5.41) is 10.7. The number of hydrogen-bond donors (Lipinski definition) is 1. The number of pyridine rings is 1. The Morgan fingerprint density at radius 1 is 1.03 bits per heavy atom. The fraction of sp³-hybridized carbons (Fsp3) is 0.259. The molecule has 0 amide bonds. The Morgan fingerprint density at radius 3 is 2.21 bits per heavy atom. The first-order valence-electron chi connectivity index (χ1n) is 11.0. The van der Waals surface area contributed by atoms with Gasteiger partial charge in [-0.2, -0.15) is 0 Å². The van der Waals surface area contributed by atoms with Crippen molar-refractivity contribution in [2.45, 2.75) is 39.4 Å². The minimum absolute atomic E-state index is 0.264. The van der Waals surface area contributed by atoms with Crippen molar-refractivity contribution in [1.82, 2.24) is 9.13 Å². The molecule has 2 heterocycles. The molecule has 0 aliphatic carbocycles. The van der Waals surface area contributed by atoms with Crippen LogP contribution in [0.4, 0.5) is 4.39 Å². The molecule has 34 heavy (non-hydrogen) atoms. The van der Waals surface area contributed by atoms with E-state index in [1.54, 1.807) is 56.8 Å². The largest absolute Gasteiger partial charge is 0.479 e. The molecule has 7 heteroatoms. The van der Waals surface area contributed by atoms with Crippen LogP contribution >= 0.6 is 0 Å². The zero-order valence-electron chi connectivity index (χ0n) is 19.8. The molecule has 0 fully saturated rings. The summed E-state index contributed by atoms with van der Waals surface area (Å²) < 4.78 is 22.5. The first kappa shape index (κ1) is 23.4. The number of rotatable bonds is 5. The Balaban J connectivity index is 2.11. The molecule has 176 valence electrons. The van der Waals surface area contributed by atoms with Crippen molar-refractivity contribution >= 4 is 16.9 Å². The van der Waals surface area contributed by atoms with Crippen LogP contribution in [-0.4, -0.2) is 25.8 Å². The minimum atomic E-state index is -1.37. The first-order chi connectivity index (χ1) is 16.0. The Hall–Kier alpha value is -3.71. The topological polar surface area (TPSA) is 73.5 Å². The van der Waals surface area contributed by atoms with Gasteiger partial charge in [-0.25, -0.2) is 9.18 Å². The molecule has 6 nitrogen and oxygen atoms in total. The Kier molecular flexibility index (Phi) is 5.91. The summed E-state index contributed by atoms with van der Waals surface area (Å²) in [5.74, 6) is -1.56. The van der Waals surface area contributed by atoms with Gasteiger partial charge < -0.3 is 19.0 Å². The summed E-state index contributed by atoms with van der Waals surface area (Å²) in [5.41, 5.74) is 2.54. The summed E-state index contributed by atoms with van der Waals surface area (Å²) in [7, 11) is 1.55. The standard InChI is InChI=1S/C27H27FN2O4/c1-16-6-8-17(9-7-16)21-20-14-15-30(19-12-10-18(28)11-13-19)22(20)25(31)29(5)23(21)24(26(32)33)34-27(2,3)4/h6-15,24H,1-5H3,(H,32,33). The summed E-state index contributed by atoms with van der Waals surface area (Å²) in [6.07, 6.45) is 0.369. The summed E-state index contributed by atoms with van der Waals surface area (Å²) in [6.45, 7) is 7.29.